The van der Waals surface area contributed by atoms with Crippen LogP contribution in [0.3, 0.4) is 0 Å². The summed E-state index contributed by atoms with van der Waals surface area (Å²) in [6, 6.07) is 29.9. The number of ether oxygens (including phenoxy) is 5. The third kappa shape index (κ3) is 17.4. The van der Waals surface area contributed by atoms with E-state index in [0.717, 1.165) is 49.1 Å². The fourth-order valence-corrected chi connectivity index (χ4v) is 7.16. The first-order valence-corrected chi connectivity index (χ1v) is 23.5. The molecule has 0 atom stereocenters. The van der Waals surface area contributed by atoms with Gasteiger partial charge in [0.2, 0.25) is 0 Å². The van der Waals surface area contributed by atoms with Gasteiger partial charge in [0.05, 0.1) is 23.3 Å². The minimum atomic E-state index is -1.01. The third-order valence-electron chi connectivity index (χ3n) is 11.0. The van der Waals surface area contributed by atoms with Gasteiger partial charge in [-0.25, -0.2) is 23.6 Å². The van der Waals surface area contributed by atoms with E-state index in [-0.39, 0.29) is 34.1 Å². The molecule has 0 heterocycles. The van der Waals surface area contributed by atoms with Gasteiger partial charge in [-0.3, -0.25) is 0 Å². The quantitative estimate of drug-likeness (QED) is 0.0220. The van der Waals surface area contributed by atoms with Crippen LogP contribution in [0.5, 0.6) is 28.7 Å². The lowest BCUT2D eigenvalue weighted by Crippen LogP contribution is -2.13. The number of aryl methyl sites for hydroxylation is 1. The summed E-state index contributed by atoms with van der Waals surface area (Å²) in [6.07, 6.45) is 21.3. The number of benzene rings is 5. The van der Waals surface area contributed by atoms with Gasteiger partial charge < -0.3 is 23.7 Å². The van der Waals surface area contributed by atoms with E-state index in [1.54, 1.807) is 25.1 Å². The lowest BCUT2D eigenvalue weighted by molar-refractivity contribution is -0.130. The Balaban J connectivity index is 1.04. The molecule has 9 nitrogen and oxygen atoms in total. The van der Waals surface area contributed by atoms with Crippen LogP contribution < -0.4 is 23.7 Å². The largest absolute Gasteiger partial charge is 0.494 e. The van der Waals surface area contributed by atoms with Gasteiger partial charge in [0.1, 0.15) is 34.6 Å². The van der Waals surface area contributed by atoms with Crippen molar-refractivity contribution >= 4 is 30.0 Å². The molecule has 348 valence electrons. The average molecular weight is 899 g/mol. The summed E-state index contributed by atoms with van der Waals surface area (Å²) in [6.45, 7) is 6.67. The van der Waals surface area contributed by atoms with Crippen molar-refractivity contribution in [3.05, 3.63) is 154 Å². The smallest absolute Gasteiger partial charge is 0.346 e. The summed E-state index contributed by atoms with van der Waals surface area (Å²) in [7, 11) is 0. The molecule has 0 fully saturated rings. The maximum Gasteiger partial charge on any atom is 0.346 e. The monoisotopic (exact) mass is 898 g/mol. The molecule has 0 amide bonds. The number of carbonyl (C=O) groups excluding carboxylic acids is 4. The normalized spacial score (nSPS) is 11.2. The first-order chi connectivity index (χ1) is 32.1. The zero-order valence-electron chi connectivity index (χ0n) is 38.6. The summed E-state index contributed by atoms with van der Waals surface area (Å²) >= 11 is 0. The zero-order valence-corrected chi connectivity index (χ0v) is 38.6. The molecule has 10 heteroatoms. The van der Waals surface area contributed by atoms with Gasteiger partial charge in [0.15, 0.2) is 0 Å². The van der Waals surface area contributed by atoms with Crippen molar-refractivity contribution < 1.29 is 47.3 Å². The van der Waals surface area contributed by atoms with Gasteiger partial charge in [0, 0.05) is 17.7 Å². The molecule has 0 saturated heterocycles. The summed E-state index contributed by atoms with van der Waals surface area (Å²) in [5.74, 6) is -2.89. The molecule has 0 aromatic heterocycles. The minimum absolute atomic E-state index is 0.00272. The number of halogens is 1. The lowest BCUT2D eigenvalue weighted by Gasteiger charge is -2.10. The van der Waals surface area contributed by atoms with Crippen LogP contribution in [-0.2, 0) is 11.2 Å². The molecule has 0 radical (unpaired) electrons. The van der Waals surface area contributed by atoms with Crippen LogP contribution in [0.1, 0.15) is 159 Å². The van der Waals surface area contributed by atoms with Crippen molar-refractivity contribution in [1.82, 2.24) is 0 Å². The number of unbranched alkanes of at least 4 members (excludes halogenated alkanes) is 13. The summed E-state index contributed by atoms with van der Waals surface area (Å²) in [5, 5.41) is 0. The predicted octanol–water partition coefficient (Wildman–Crippen LogP) is 14.3. The molecule has 0 aliphatic heterocycles. The first kappa shape index (κ1) is 50.4. The van der Waals surface area contributed by atoms with Crippen molar-refractivity contribution in [2.24, 2.45) is 0 Å². The summed E-state index contributed by atoms with van der Waals surface area (Å²) in [4.78, 5) is 51.6. The number of esters is 4. The van der Waals surface area contributed by atoms with Gasteiger partial charge in [-0.1, -0.05) is 128 Å². The van der Waals surface area contributed by atoms with Crippen molar-refractivity contribution in [3.63, 3.8) is 0 Å². The highest BCUT2D eigenvalue weighted by Gasteiger charge is 2.18. The highest BCUT2D eigenvalue weighted by Crippen LogP contribution is 2.25. The van der Waals surface area contributed by atoms with Crippen LogP contribution in [0, 0.1) is 5.82 Å². The van der Waals surface area contributed by atoms with Crippen LogP contribution in [-0.4, -0.2) is 30.5 Å². The fraction of sp³-hybridized carbons (Fsp3) is 0.357. The predicted molar refractivity (Wildman–Crippen MR) is 256 cm³/mol. The van der Waals surface area contributed by atoms with Crippen molar-refractivity contribution in [2.45, 2.75) is 124 Å². The molecule has 5 aromatic rings. The van der Waals surface area contributed by atoms with Crippen LogP contribution in [0.15, 0.2) is 121 Å². The van der Waals surface area contributed by atoms with Gasteiger partial charge >= 0.3 is 23.9 Å². The van der Waals surface area contributed by atoms with Gasteiger partial charge in [-0.15, -0.1) is 0 Å². The Labute approximate surface area is 389 Å². The van der Waals surface area contributed by atoms with Crippen molar-refractivity contribution in [3.8, 4) is 28.7 Å². The fourth-order valence-electron chi connectivity index (χ4n) is 7.16. The Morgan fingerprint density at radius 1 is 0.485 bits per heavy atom. The highest BCUT2D eigenvalue weighted by atomic mass is 19.1. The zero-order chi connectivity index (χ0) is 46.9. The number of hydrogen-bond donors (Lipinski definition) is 0. The van der Waals surface area contributed by atoms with E-state index in [9.17, 15) is 19.2 Å². The average Bonchev–Trinajstić information content (AvgIpc) is 3.31. The molecule has 0 unspecified atom stereocenters. The van der Waals surface area contributed by atoms with E-state index in [1.807, 2.05) is 36.4 Å². The molecule has 5 rings (SSSR count). The molecule has 0 saturated carbocycles. The molecule has 0 aliphatic carbocycles. The van der Waals surface area contributed by atoms with Crippen LogP contribution in [0.2, 0.25) is 0 Å². The topological polar surface area (TPSA) is 114 Å². The Bertz CT molecular complexity index is 2330. The lowest BCUT2D eigenvalue weighted by atomic mass is 10.0. The first-order valence-electron chi connectivity index (χ1n) is 23.5. The van der Waals surface area contributed by atoms with Crippen LogP contribution in [0.4, 0.5) is 4.39 Å². The molecule has 5 aromatic carbocycles. The summed E-state index contributed by atoms with van der Waals surface area (Å²) < 4.78 is 42.7. The second kappa shape index (κ2) is 27.7. The molecular formula is C56H63FO9. The molecule has 0 spiro atoms. The standard InChI is InChI=1S/C56H63FO9/c1-4-6-8-10-11-12-13-14-15-17-20-42-23-27-44(28-24-42)54(59)63-47-33-29-45(30-34-47)55(60)65-48-21-19-22-49(39-48)66-56(61)51-36-35-50(40-52(51)57)64-53(58)41(3)38-43-25-31-46(32-26-43)62-37-18-16-9-7-5-2/h19,21-36,38-40H,4-18,20,37H2,1-3H3/b41-38+. The van der Waals surface area contributed by atoms with E-state index in [1.165, 1.54) is 137 Å². The van der Waals surface area contributed by atoms with Gasteiger partial charge in [-0.2, -0.15) is 0 Å². The molecule has 0 N–H and O–H groups in total. The highest BCUT2D eigenvalue weighted by molar-refractivity contribution is 5.95. The van der Waals surface area contributed by atoms with Crippen LogP contribution in [0.25, 0.3) is 6.08 Å². The van der Waals surface area contributed by atoms with Gasteiger partial charge in [-0.05, 0) is 116 Å². The Morgan fingerprint density at radius 3 is 1.56 bits per heavy atom. The van der Waals surface area contributed by atoms with E-state index < -0.39 is 35.3 Å². The molecule has 66 heavy (non-hydrogen) atoms. The number of hydrogen-bond acceptors (Lipinski definition) is 9. The number of carbonyl (C=O) groups is 4. The molecular weight excluding hydrogens is 836 g/mol. The second-order valence-corrected chi connectivity index (χ2v) is 16.5. The maximum atomic E-state index is 15.1. The Morgan fingerprint density at radius 2 is 0.970 bits per heavy atom. The van der Waals surface area contributed by atoms with Crippen molar-refractivity contribution in [2.75, 3.05) is 6.61 Å². The van der Waals surface area contributed by atoms with Crippen LogP contribution >= 0.6 is 0 Å². The second-order valence-electron chi connectivity index (χ2n) is 16.5. The Hall–Kier alpha value is -6.55. The maximum absolute atomic E-state index is 15.1. The SMILES string of the molecule is CCCCCCCCCCCCc1ccc(C(=O)Oc2ccc(C(=O)Oc3cccc(OC(=O)c4ccc(OC(=O)/C(C)=C/c5ccc(OCCCCCCC)cc5)cc4F)c3)cc2)cc1. The summed E-state index contributed by atoms with van der Waals surface area (Å²) in [5.41, 5.74) is 2.45. The van der Waals surface area contributed by atoms with Crippen molar-refractivity contribution in [1.29, 1.82) is 0 Å². The van der Waals surface area contributed by atoms with Gasteiger partial charge in [0.25, 0.3) is 0 Å². The minimum Gasteiger partial charge on any atom is -0.494 e. The molecule has 0 aliphatic rings. The number of rotatable bonds is 27. The molecule has 0 bridgehead atoms. The van der Waals surface area contributed by atoms with E-state index in [4.69, 9.17) is 23.7 Å². The van der Waals surface area contributed by atoms with E-state index in [0.29, 0.717) is 12.2 Å². The Kier molecular flexibility index (Phi) is 21.2. The van der Waals surface area contributed by atoms with E-state index in [2.05, 4.69) is 13.8 Å². The third-order valence-corrected chi connectivity index (χ3v) is 11.0. The van der Waals surface area contributed by atoms with E-state index >= 15 is 4.39 Å².